The Hall–Kier alpha value is -2.18. The number of hydrogen-bond acceptors (Lipinski definition) is 3. The highest BCUT2D eigenvalue weighted by atomic mass is 79.9. The lowest BCUT2D eigenvalue weighted by Crippen LogP contribution is -2.16. The number of aryl methyl sites for hydroxylation is 3. The molecule has 2 heterocycles. The number of benzene rings is 1. The van der Waals surface area contributed by atoms with E-state index in [2.05, 4.69) is 31.3 Å². The van der Waals surface area contributed by atoms with E-state index >= 15 is 0 Å². The van der Waals surface area contributed by atoms with Crippen LogP contribution in [-0.2, 0) is 0 Å². The lowest BCUT2D eigenvalue weighted by molar-refractivity contribution is 0.102. The first kappa shape index (κ1) is 17.6. The zero-order chi connectivity index (χ0) is 18.1. The minimum absolute atomic E-state index is 0.161. The van der Waals surface area contributed by atoms with Gasteiger partial charge in [0.15, 0.2) is 5.82 Å². The maximum Gasteiger partial charge on any atom is 0.275 e. The lowest BCUT2D eigenvalue weighted by Gasteiger charge is -2.11. The van der Waals surface area contributed by atoms with Crippen LogP contribution in [0.1, 0.15) is 27.4 Å². The molecule has 0 aliphatic rings. The minimum Gasteiger partial charge on any atom is -0.320 e. The van der Waals surface area contributed by atoms with E-state index in [4.69, 9.17) is 11.6 Å². The molecule has 0 saturated carbocycles. The Morgan fingerprint density at radius 1 is 1.16 bits per heavy atom. The molecule has 25 heavy (non-hydrogen) atoms. The largest absolute Gasteiger partial charge is 0.320 e. The van der Waals surface area contributed by atoms with E-state index in [0.29, 0.717) is 11.5 Å². The van der Waals surface area contributed by atoms with Gasteiger partial charge in [-0.3, -0.25) is 4.79 Å². The molecule has 0 atom stereocenters. The number of pyridine rings is 1. The number of anilines is 1. The smallest absolute Gasteiger partial charge is 0.275 e. The summed E-state index contributed by atoms with van der Waals surface area (Å²) in [6.07, 6.45) is 0. The van der Waals surface area contributed by atoms with Gasteiger partial charge in [0.25, 0.3) is 5.91 Å². The number of halogens is 2. The van der Waals surface area contributed by atoms with Gasteiger partial charge < -0.3 is 5.32 Å². The van der Waals surface area contributed by atoms with Crippen molar-refractivity contribution in [1.29, 1.82) is 0 Å². The Labute approximate surface area is 159 Å². The van der Waals surface area contributed by atoms with Gasteiger partial charge in [-0.2, -0.15) is 5.10 Å². The standard InChI is InChI=1S/C18H16BrClN4O/c1-10-8-13(19)4-6-15(10)21-18(25)17-14(20)5-7-16(22-17)24-12(3)9-11(2)23-24/h4-9H,1-3H3,(H,21,25). The first-order valence-corrected chi connectivity index (χ1v) is 8.80. The average Bonchev–Trinajstić information content (AvgIpc) is 2.89. The number of carbonyl (C=O) groups excluding carboxylic acids is 1. The van der Waals surface area contributed by atoms with Crippen molar-refractivity contribution in [1.82, 2.24) is 14.8 Å². The summed E-state index contributed by atoms with van der Waals surface area (Å²) in [6.45, 7) is 5.76. The fraction of sp³-hybridized carbons (Fsp3) is 0.167. The van der Waals surface area contributed by atoms with Gasteiger partial charge in [-0.1, -0.05) is 27.5 Å². The average molecular weight is 420 g/mol. The summed E-state index contributed by atoms with van der Waals surface area (Å²) < 4.78 is 2.64. The molecule has 3 rings (SSSR count). The molecular weight excluding hydrogens is 404 g/mol. The number of nitrogens with zero attached hydrogens (tertiary/aromatic N) is 3. The number of aromatic nitrogens is 3. The summed E-state index contributed by atoms with van der Waals surface area (Å²) >= 11 is 9.60. The molecule has 5 nitrogen and oxygen atoms in total. The SMILES string of the molecule is Cc1cc(C)n(-c2ccc(Cl)c(C(=O)Nc3ccc(Br)cc3C)n2)n1. The predicted octanol–water partition coefficient (Wildman–Crippen LogP) is 4.86. The monoisotopic (exact) mass is 418 g/mol. The highest BCUT2D eigenvalue weighted by Gasteiger charge is 2.16. The summed E-state index contributed by atoms with van der Waals surface area (Å²) in [5.74, 6) is 0.187. The summed E-state index contributed by atoms with van der Waals surface area (Å²) in [7, 11) is 0. The zero-order valence-electron chi connectivity index (χ0n) is 14.0. The van der Waals surface area contributed by atoms with Gasteiger partial charge in [0, 0.05) is 15.9 Å². The Morgan fingerprint density at radius 2 is 1.92 bits per heavy atom. The van der Waals surface area contributed by atoms with E-state index in [1.54, 1.807) is 16.8 Å². The van der Waals surface area contributed by atoms with Crippen molar-refractivity contribution in [2.24, 2.45) is 0 Å². The third kappa shape index (κ3) is 3.75. The molecule has 2 aromatic heterocycles. The van der Waals surface area contributed by atoms with E-state index in [0.717, 1.165) is 21.4 Å². The van der Waals surface area contributed by atoms with Crippen molar-refractivity contribution < 1.29 is 4.79 Å². The Morgan fingerprint density at radius 3 is 2.56 bits per heavy atom. The fourth-order valence-electron chi connectivity index (χ4n) is 2.52. The Bertz CT molecular complexity index is 968. The van der Waals surface area contributed by atoms with Gasteiger partial charge in [0.1, 0.15) is 5.69 Å². The van der Waals surface area contributed by atoms with Crippen LogP contribution in [0, 0.1) is 20.8 Å². The maximum atomic E-state index is 12.6. The van der Waals surface area contributed by atoms with Gasteiger partial charge in [-0.15, -0.1) is 0 Å². The third-order valence-electron chi connectivity index (χ3n) is 3.71. The van der Waals surface area contributed by atoms with Gasteiger partial charge in [-0.25, -0.2) is 9.67 Å². The number of rotatable bonds is 3. The number of carbonyl (C=O) groups is 1. The van der Waals surface area contributed by atoms with Crippen molar-refractivity contribution in [2.45, 2.75) is 20.8 Å². The van der Waals surface area contributed by atoms with E-state index in [9.17, 15) is 4.79 Å². The Balaban J connectivity index is 1.95. The maximum absolute atomic E-state index is 12.6. The molecule has 0 saturated heterocycles. The molecule has 0 radical (unpaired) electrons. The molecule has 0 unspecified atom stereocenters. The minimum atomic E-state index is -0.362. The van der Waals surface area contributed by atoms with Crippen LogP contribution in [0.4, 0.5) is 5.69 Å². The molecule has 0 spiro atoms. The summed E-state index contributed by atoms with van der Waals surface area (Å²) in [5, 5.41) is 7.54. The predicted molar refractivity (Wildman–Crippen MR) is 103 cm³/mol. The lowest BCUT2D eigenvalue weighted by atomic mass is 10.2. The molecule has 1 aromatic carbocycles. The number of amides is 1. The molecule has 0 bridgehead atoms. The van der Waals surface area contributed by atoms with Gasteiger partial charge >= 0.3 is 0 Å². The van der Waals surface area contributed by atoms with Crippen molar-refractivity contribution in [3.8, 4) is 5.82 Å². The van der Waals surface area contributed by atoms with Crippen LogP contribution in [0.15, 0.2) is 40.9 Å². The van der Waals surface area contributed by atoms with Crippen LogP contribution in [0.2, 0.25) is 5.02 Å². The van der Waals surface area contributed by atoms with E-state index in [1.165, 1.54) is 0 Å². The van der Waals surface area contributed by atoms with E-state index in [1.807, 2.05) is 45.0 Å². The second-order valence-electron chi connectivity index (χ2n) is 5.75. The van der Waals surface area contributed by atoms with Crippen LogP contribution >= 0.6 is 27.5 Å². The van der Waals surface area contributed by atoms with E-state index < -0.39 is 0 Å². The van der Waals surface area contributed by atoms with Crippen LogP contribution in [0.5, 0.6) is 0 Å². The highest BCUT2D eigenvalue weighted by Crippen LogP contribution is 2.23. The fourth-order valence-corrected chi connectivity index (χ4v) is 3.19. The molecule has 1 amide bonds. The first-order chi connectivity index (χ1) is 11.8. The summed E-state index contributed by atoms with van der Waals surface area (Å²) in [5.41, 5.74) is 3.62. The number of hydrogen-bond donors (Lipinski definition) is 1. The van der Waals surface area contributed by atoms with Gasteiger partial charge in [-0.05, 0) is 62.7 Å². The molecule has 7 heteroatoms. The summed E-state index contributed by atoms with van der Waals surface area (Å²) in [4.78, 5) is 17.1. The van der Waals surface area contributed by atoms with Gasteiger partial charge in [0.2, 0.25) is 0 Å². The molecule has 128 valence electrons. The normalized spacial score (nSPS) is 10.8. The Kier molecular flexibility index (Phi) is 4.92. The van der Waals surface area contributed by atoms with Crippen LogP contribution < -0.4 is 5.32 Å². The van der Waals surface area contributed by atoms with Gasteiger partial charge in [0.05, 0.1) is 10.7 Å². The third-order valence-corrected chi connectivity index (χ3v) is 4.51. The van der Waals surface area contributed by atoms with Crippen LogP contribution in [-0.4, -0.2) is 20.7 Å². The van der Waals surface area contributed by atoms with Crippen molar-refractivity contribution in [2.75, 3.05) is 5.32 Å². The quantitative estimate of drug-likeness (QED) is 0.659. The second kappa shape index (κ2) is 6.98. The molecule has 0 aliphatic heterocycles. The summed E-state index contributed by atoms with van der Waals surface area (Å²) in [6, 6.07) is 11.0. The first-order valence-electron chi connectivity index (χ1n) is 7.63. The second-order valence-corrected chi connectivity index (χ2v) is 7.08. The van der Waals surface area contributed by atoms with Crippen molar-refractivity contribution in [3.63, 3.8) is 0 Å². The van der Waals surface area contributed by atoms with Crippen molar-refractivity contribution in [3.05, 3.63) is 68.5 Å². The van der Waals surface area contributed by atoms with Crippen molar-refractivity contribution >= 4 is 39.1 Å². The molecule has 0 aliphatic carbocycles. The molecule has 3 aromatic rings. The molecule has 1 N–H and O–H groups in total. The van der Waals surface area contributed by atoms with Crippen LogP contribution in [0.3, 0.4) is 0 Å². The molecule has 0 fully saturated rings. The van der Waals surface area contributed by atoms with E-state index in [-0.39, 0.29) is 16.6 Å². The topological polar surface area (TPSA) is 59.8 Å². The molecular formula is C18H16BrClN4O. The number of nitrogens with one attached hydrogen (secondary N) is 1. The van der Waals surface area contributed by atoms with Crippen LogP contribution in [0.25, 0.3) is 5.82 Å². The highest BCUT2D eigenvalue weighted by molar-refractivity contribution is 9.10. The zero-order valence-corrected chi connectivity index (χ0v) is 16.3.